The highest BCUT2D eigenvalue weighted by Crippen LogP contribution is 2.30. The summed E-state index contributed by atoms with van der Waals surface area (Å²) in [4.78, 5) is 13.5. The molecule has 1 saturated heterocycles. The molecule has 0 saturated carbocycles. The van der Waals surface area contributed by atoms with Crippen LogP contribution >= 0.6 is 12.4 Å². The van der Waals surface area contributed by atoms with Gasteiger partial charge in [0.05, 0.1) is 10.9 Å². The Balaban J connectivity index is 0.00000280. The number of likely N-dealkylation sites (N-methyl/N-ethyl adjacent to an activating group) is 1. The molecule has 1 aliphatic rings. The van der Waals surface area contributed by atoms with E-state index in [4.69, 9.17) is 0 Å². The summed E-state index contributed by atoms with van der Waals surface area (Å²) in [6.07, 6.45) is 0. The number of nitrogens with one attached hydrogen (secondary N) is 1. The molecule has 1 N–H and O–H groups in total. The Morgan fingerprint density at radius 3 is 2.32 bits per heavy atom. The third kappa shape index (κ3) is 5.11. The zero-order chi connectivity index (χ0) is 19.4. The lowest BCUT2D eigenvalue weighted by Crippen LogP contribution is -2.49. The predicted molar refractivity (Wildman–Crippen MR) is 112 cm³/mol. The van der Waals surface area contributed by atoms with Crippen LogP contribution < -0.4 is 5.32 Å². The molecular weight excluding hydrogens is 398 g/mol. The standard InChI is InChI=1S/C20H25N3O3S.ClH/c1-16(24)21-14-17-8-10-19(11-9-17)27(25,26)23-13-12-22(2)15-20(23)18-6-4-3-5-7-18;/h3-11,20H,12-15H2,1-2H3,(H,21,24);1H. The Bertz CT molecular complexity index is 889. The number of carbonyl (C=O) groups is 1. The van der Waals surface area contributed by atoms with E-state index in [1.165, 1.54) is 6.92 Å². The van der Waals surface area contributed by atoms with E-state index in [1.807, 2.05) is 37.4 Å². The maximum absolute atomic E-state index is 13.3. The van der Waals surface area contributed by atoms with Gasteiger partial charge in [0.15, 0.2) is 0 Å². The molecule has 8 heteroatoms. The molecule has 28 heavy (non-hydrogen) atoms. The number of piperazine rings is 1. The van der Waals surface area contributed by atoms with Gasteiger partial charge < -0.3 is 10.2 Å². The Labute approximate surface area is 173 Å². The third-order valence-electron chi connectivity index (χ3n) is 4.79. The number of nitrogens with zero attached hydrogens (tertiary/aromatic N) is 2. The van der Waals surface area contributed by atoms with Gasteiger partial charge in [0.25, 0.3) is 0 Å². The largest absolute Gasteiger partial charge is 0.352 e. The van der Waals surface area contributed by atoms with Gasteiger partial charge in [-0.05, 0) is 30.3 Å². The van der Waals surface area contributed by atoms with Gasteiger partial charge in [0.1, 0.15) is 0 Å². The first-order chi connectivity index (χ1) is 12.9. The summed E-state index contributed by atoms with van der Waals surface area (Å²) in [5.74, 6) is -0.116. The molecule has 1 unspecified atom stereocenters. The Morgan fingerprint density at radius 1 is 1.07 bits per heavy atom. The molecule has 0 spiro atoms. The molecule has 2 aromatic carbocycles. The summed E-state index contributed by atoms with van der Waals surface area (Å²) < 4.78 is 28.2. The summed E-state index contributed by atoms with van der Waals surface area (Å²) in [6.45, 7) is 3.64. The predicted octanol–water partition coefficient (Wildman–Crippen LogP) is 2.42. The lowest BCUT2D eigenvalue weighted by Gasteiger charge is -2.39. The fourth-order valence-corrected chi connectivity index (χ4v) is 4.87. The average Bonchev–Trinajstić information content (AvgIpc) is 2.67. The van der Waals surface area contributed by atoms with E-state index in [1.54, 1.807) is 28.6 Å². The number of halogens is 1. The lowest BCUT2D eigenvalue weighted by atomic mass is 10.1. The van der Waals surface area contributed by atoms with Crippen LogP contribution in [-0.4, -0.2) is 50.2 Å². The number of hydrogen-bond acceptors (Lipinski definition) is 4. The second kappa shape index (κ2) is 9.52. The molecule has 1 fully saturated rings. The van der Waals surface area contributed by atoms with Crippen LogP contribution in [0.15, 0.2) is 59.5 Å². The van der Waals surface area contributed by atoms with E-state index in [9.17, 15) is 13.2 Å². The molecule has 1 amide bonds. The molecule has 152 valence electrons. The molecule has 2 aromatic rings. The molecule has 3 rings (SSSR count). The molecular formula is C20H26ClN3O3S. The highest BCUT2D eigenvalue weighted by Gasteiger charge is 2.35. The molecule has 1 heterocycles. The van der Waals surface area contributed by atoms with Crippen LogP contribution in [0, 0.1) is 0 Å². The Hall–Kier alpha value is -1.93. The highest BCUT2D eigenvalue weighted by molar-refractivity contribution is 7.89. The maximum Gasteiger partial charge on any atom is 0.243 e. The van der Waals surface area contributed by atoms with Crippen molar-refractivity contribution in [1.82, 2.24) is 14.5 Å². The van der Waals surface area contributed by atoms with E-state index in [0.717, 1.165) is 11.1 Å². The number of carbonyl (C=O) groups excluding carboxylic acids is 1. The molecule has 0 radical (unpaired) electrons. The SMILES string of the molecule is CC(=O)NCc1ccc(S(=O)(=O)N2CCN(C)CC2c2ccccc2)cc1.Cl. The fourth-order valence-electron chi connectivity index (χ4n) is 3.28. The Kier molecular flexibility index (Phi) is 7.60. The fraction of sp³-hybridized carbons (Fsp3) is 0.350. The van der Waals surface area contributed by atoms with Crippen molar-refractivity contribution in [2.24, 2.45) is 0 Å². The normalized spacial score (nSPS) is 18.3. The van der Waals surface area contributed by atoms with Gasteiger partial charge in [-0.2, -0.15) is 4.31 Å². The van der Waals surface area contributed by atoms with Crippen LogP contribution in [0.1, 0.15) is 24.1 Å². The van der Waals surface area contributed by atoms with Crippen LogP contribution in [-0.2, 0) is 21.4 Å². The van der Waals surface area contributed by atoms with Crippen LogP contribution in [0.5, 0.6) is 0 Å². The average molecular weight is 424 g/mol. The summed E-state index contributed by atoms with van der Waals surface area (Å²) >= 11 is 0. The van der Waals surface area contributed by atoms with Crippen molar-refractivity contribution in [1.29, 1.82) is 0 Å². The van der Waals surface area contributed by atoms with Crippen LogP contribution in [0.3, 0.4) is 0 Å². The molecule has 0 aromatic heterocycles. The van der Waals surface area contributed by atoms with Gasteiger partial charge in [-0.15, -0.1) is 12.4 Å². The van der Waals surface area contributed by atoms with Crippen molar-refractivity contribution in [3.05, 3.63) is 65.7 Å². The van der Waals surface area contributed by atoms with Crippen LogP contribution in [0.4, 0.5) is 0 Å². The zero-order valence-corrected chi connectivity index (χ0v) is 17.7. The molecule has 1 atom stereocenters. The number of rotatable bonds is 5. The minimum absolute atomic E-state index is 0. The van der Waals surface area contributed by atoms with Gasteiger partial charge in [0, 0.05) is 33.1 Å². The first kappa shape index (κ1) is 22.4. The van der Waals surface area contributed by atoms with E-state index < -0.39 is 10.0 Å². The monoisotopic (exact) mass is 423 g/mol. The van der Waals surface area contributed by atoms with Gasteiger partial charge in [-0.25, -0.2) is 8.42 Å². The van der Waals surface area contributed by atoms with Gasteiger partial charge >= 0.3 is 0 Å². The first-order valence-electron chi connectivity index (χ1n) is 8.96. The second-order valence-corrected chi connectivity index (χ2v) is 8.75. The van der Waals surface area contributed by atoms with Gasteiger partial charge in [-0.1, -0.05) is 42.5 Å². The van der Waals surface area contributed by atoms with Crippen molar-refractivity contribution in [2.75, 3.05) is 26.7 Å². The lowest BCUT2D eigenvalue weighted by molar-refractivity contribution is -0.119. The van der Waals surface area contributed by atoms with E-state index in [2.05, 4.69) is 10.2 Å². The van der Waals surface area contributed by atoms with Crippen molar-refractivity contribution in [3.8, 4) is 0 Å². The molecule has 0 aliphatic carbocycles. The van der Waals surface area contributed by atoms with Gasteiger partial charge in [-0.3, -0.25) is 4.79 Å². The van der Waals surface area contributed by atoms with E-state index in [0.29, 0.717) is 26.2 Å². The maximum atomic E-state index is 13.3. The van der Waals surface area contributed by atoms with E-state index in [-0.39, 0.29) is 29.3 Å². The second-order valence-electron chi connectivity index (χ2n) is 6.86. The number of sulfonamides is 1. The van der Waals surface area contributed by atoms with Crippen molar-refractivity contribution in [3.63, 3.8) is 0 Å². The van der Waals surface area contributed by atoms with Crippen molar-refractivity contribution < 1.29 is 13.2 Å². The summed E-state index contributed by atoms with van der Waals surface area (Å²) in [6, 6.07) is 16.3. The summed E-state index contributed by atoms with van der Waals surface area (Å²) in [7, 11) is -1.60. The summed E-state index contributed by atoms with van der Waals surface area (Å²) in [5, 5.41) is 2.71. The van der Waals surface area contributed by atoms with Crippen LogP contribution in [0.2, 0.25) is 0 Å². The minimum Gasteiger partial charge on any atom is -0.352 e. The first-order valence-corrected chi connectivity index (χ1v) is 10.4. The van der Waals surface area contributed by atoms with Crippen molar-refractivity contribution >= 4 is 28.3 Å². The smallest absolute Gasteiger partial charge is 0.243 e. The Morgan fingerprint density at radius 2 is 1.71 bits per heavy atom. The van der Waals surface area contributed by atoms with E-state index >= 15 is 0 Å². The molecule has 0 bridgehead atoms. The quantitative estimate of drug-likeness (QED) is 0.801. The number of benzene rings is 2. The van der Waals surface area contributed by atoms with Crippen molar-refractivity contribution in [2.45, 2.75) is 24.4 Å². The minimum atomic E-state index is -3.61. The molecule has 6 nitrogen and oxygen atoms in total. The van der Waals surface area contributed by atoms with Gasteiger partial charge in [0.2, 0.25) is 15.9 Å². The number of amides is 1. The summed E-state index contributed by atoms with van der Waals surface area (Å²) in [5.41, 5.74) is 1.86. The highest BCUT2D eigenvalue weighted by atomic mass is 35.5. The van der Waals surface area contributed by atoms with Crippen LogP contribution in [0.25, 0.3) is 0 Å². The number of hydrogen-bond donors (Lipinski definition) is 1. The zero-order valence-electron chi connectivity index (χ0n) is 16.0. The third-order valence-corrected chi connectivity index (χ3v) is 6.71. The molecule has 1 aliphatic heterocycles. The topological polar surface area (TPSA) is 69.7 Å².